The Hall–Kier alpha value is -2.63. The first kappa shape index (κ1) is 18.4. The summed E-state index contributed by atoms with van der Waals surface area (Å²) < 4.78 is 2.15. The van der Waals surface area contributed by atoms with Gasteiger partial charge < -0.3 is 15.2 Å². The number of aromatic nitrogens is 2. The molecule has 6 heteroatoms. The van der Waals surface area contributed by atoms with Crippen molar-refractivity contribution in [3.63, 3.8) is 0 Å². The smallest absolute Gasteiger partial charge is 0.269 e. The first-order chi connectivity index (χ1) is 14.1. The number of fused-ring (bicyclic) bond motifs is 3. The van der Waals surface area contributed by atoms with Crippen molar-refractivity contribution in [2.24, 2.45) is 11.7 Å². The van der Waals surface area contributed by atoms with Crippen LogP contribution in [0.3, 0.4) is 0 Å². The Bertz CT molecular complexity index is 930. The molecule has 2 fully saturated rings. The Labute approximate surface area is 171 Å². The summed E-state index contributed by atoms with van der Waals surface area (Å²) in [6.07, 6.45) is 8.27. The van der Waals surface area contributed by atoms with Crippen LogP contribution in [0.1, 0.15) is 61.1 Å². The van der Waals surface area contributed by atoms with Gasteiger partial charge in [0.05, 0.1) is 11.7 Å². The average molecular weight is 393 g/mol. The molecule has 0 spiro atoms. The summed E-state index contributed by atoms with van der Waals surface area (Å²) in [5.41, 5.74) is 7.93. The standard InChI is InChI=1S/C23H28N4O2/c24-21(28)20-19-13-17-11-12-18(27(17)23(29)16-9-5-2-6-10-16)14-26(19)22(25-20)15-7-3-1-4-8-15/h1,3-4,7-8,16-18H,2,5-6,9-14H2,(H2,24,28). The van der Waals surface area contributed by atoms with Crippen LogP contribution in [0.5, 0.6) is 0 Å². The monoisotopic (exact) mass is 392 g/mol. The number of hydrogen-bond donors (Lipinski definition) is 1. The van der Waals surface area contributed by atoms with Gasteiger partial charge in [-0.3, -0.25) is 9.59 Å². The van der Waals surface area contributed by atoms with E-state index in [2.05, 4.69) is 14.5 Å². The summed E-state index contributed by atoms with van der Waals surface area (Å²) in [5.74, 6) is 0.801. The van der Waals surface area contributed by atoms with Crippen LogP contribution in [-0.4, -0.2) is 38.3 Å². The third kappa shape index (κ3) is 3.15. The van der Waals surface area contributed by atoms with E-state index in [1.807, 2.05) is 30.3 Å². The van der Waals surface area contributed by atoms with E-state index in [-0.39, 0.29) is 18.0 Å². The normalized spacial score (nSPS) is 24.2. The fraction of sp³-hybridized carbons (Fsp3) is 0.522. The molecule has 2 bridgehead atoms. The highest BCUT2D eigenvalue weighted by atomic mass is 16.2. The lowest BCUT2D eigenvalue weighted by Crippen LogP contribution is -2.45. The molecule has 5 rings (SSSR count). The zero-order valence-electron chi connectivity index (χ0n) is 16.7. The molecule has 6 nitrogen and oxygen atoms in total. The molecular formula is C23H28N4O2. The topological polar surface area (TPSA) is 81.2 Å². The van der Waals surface area contributed by atoms with E-state index in [1.165, 1.54) is 6.42 Å². The van der Waals surface area contributed by atoms with Crippen LogP contribution in [0, 0.1) is 5.92 Å². The molecule has 1 aromatic carbocycles. The van der Waals surface area contributed by atoms with E-state index in [9.17, 15) is 9.59 Å². The van der Waals surface area contributed by atoms with Crippen molar-refractivity contribution in [1.82, 2.24) is 14.5 Å². The van der Waals surface area contributed by atoms with Gasteiger partial charge in [0.25, 0.3) is 5.91 Å². The highest BCUT2D eigenvalue weighted by Crippen LogP contribution is 2.38. The molecule has 3 aliphatic rings. The lowest BCUT2D eigenvalue weighted by Gasteiger charge is -2.33. The van der Waals surface area contributed by atoms with E-state index in [4.69, 9.17) is 5.73 Å². The number of carbonyl (C=O) groups is 2. The Morgan fingerprint density at radius 2 is 1.69 bits per heavy atom. The number of carbonyl (C=O) groups excluding carboxylic acids is 2. The van der Waals surface area contributed by atoms with E-state index in [0.717, 1.165) is 55.6 Å². The molecule has 1 aromatic heterocycles. The summed E-state index contributed by atoms with van der Waals surface area (Å²) in [7, 11) is 0. The molecule has 152 valence electrons. The van der Waals surface area contributed by atoms with E-state index in [1.54, 1.807) is 0 Å². The maximum atomic E-state index is 13.4. The van der Waals surface area contributed by atoms with Crippen LogP contribution in [0.2, 0.25) is 0 Å². The molecule has 2 N–H and O–H groups in total. The maximum Gasteiger partial charge on any atom is 0.269 e. The molecule has 1 saturated heterocycles. The number of rotatable bonds is 3. The van der Waals surface area contributed by atoms with Gasteiger partial charge in [0.2, 0.25) is 5.91 Å². The summed E-state index contributed by atoms with van der Waals surface area (Å²) in [4.78, 5) is 32.4. The maximum absolute atomic E-state index is 13.4. The second-order valence-electron chi connectivity index (χ2n) is 8.74. The third-order valence-electron chi connectivity index (χ3n) is 6.99. The summed E-state index contributed by atoms with van der Waals surface area (Å²) >= 11 is 0. The van der Waals surface area contributed by atoms with Crippen LogP contribution in [0.25, 0.3) is 11.4 Å². The van der Waals surface area contributed by atoms with Gasteiger partial charge in [0, 0.05) is 30.5 Å². The summed E-state index contributed by atoms with van der Waals surface area (Å²) in [6.45, 7) is 0.689. The molecule has 3 heterocycles. The Morgan fingerprint density at radius 1 is 0.966 bits per heavy atom. The molecule has 1 aliphatic carbocycles. The highest BCUT2D eigenvalue weighted by molar-refractivity contribution is 5.93. The molecule has 2 unspecified atom stereocenters. The first-order valence-corrected chi connectivity index (χ1v) is 10.9. The Balaban J connectivity index is 1.53. The van der Waals surface area contributed by atoms with E-state index < -0.39 is 5.91 Å². The lowest BCUT2D eigenvalue weighted by atomic mass is 9.88. The van der Waals surface area contributed by atoms with E-state index >= 15 is 0 Å². The van der Waals surface area contributed by atoms with Crippen molar-refractivity contribution < 1.29 is 9.59 Å². The second kappa shape index (κ2) is 7.32. The first-order valence-electron chi connectivity index (χ1n) is 10.9. The second-order valence-corrected chi connectivity index (χ2v) is 8.74. The quantitative estimate of drug-likeness (QED) is 0.871. The van der Waals surface area contributed by atoms with Gasteiger partial charge in [-0.15, -0.1) is 0 Å². The molecule has 2 atom stereocenters. The lowest BCUT2D eigenvalue weighted by molar-refractivity contribution is -0.139. The fourth-order valence-electron chi connectivity index (χ4n) is 5.59. The average Bonchev–Trinajstić information content (AvgIpc) is 3.25. The van der Waals surface area contributed by atoms with Crippen LogP contribution >= 0.6 is 0 Å². The van der Waals surface area contributed by atoms with Crippen molar-refractivity contribution in [1.29, 1.82) is 0 Å². The minimum atomic E-state index is -0.487. The van der Waals surface area contributed by atoms with Crippen LogP contribution in [0.4, 0.5) is 0 Å². The number of hydrogen-bond acceptors (Lipinski definition) is 3. The van der Waals surface area contributed by atoms with Gasteiger partial charge in [0.15, 0.2) is 0 Å². The zero-order valence-corrected chi connectivity index (χ0v) is 16.7. The number of primary amides is 1. The highest BCUT2D eigenvalue weighted by Gasteiger charge is 2.43. The summed E-state index contributed by atoms with van der Waals surface area (Å²) in [6, 6.07) is 10.3. The van der Waals surface area contributed by atoms with Gasteiger partial charge in [-0.1, -0.05) is 49.6 Å². The molecule has 2 amide bonds. The van der Waals surface area contributed by atoms with E-state index in [0.29, 0.717) is 24.6 Å². The minimum absolute atomic E-state index is 0.147. The predicted octanol–water partition coefficient (Wildman–Crippen LogP) is 3.15. The van der Waals surface area contributed by atoms with Crippen molar-refractivity contribution in [3.05, 3.63) is 41.7 Å². The largest absolute Gasteiger partial charge is 0.364 e. The summed E-state index contributed by atoms with van der Waals surface area (Å²) in [5, 5.41) is 0. The SMILES string of the molecule is NC(=O)c1nc(-c2ccccc2)n2c1CC1CCC(C2)N1C(=O)C1CCCCC1. The number of benzene rings is 1. The minimum Gasteiger partial charge on any atom is -0.364 e. The Morgan fingerprint density at radius 3 is 2.41 bits per heavy atom. The zero-order chi connectivity index (χ0) is 20.0. The van der Waals surface area contributed by atoms with Crippen molar-refractivity contribution >= 4 is 11.8 Å². The van der Waals surface area contributed by atoms with Gasteiger partial charge in [0.1, 0.15) is 11.5 Å². The number of nitrogens with two attached hydrogens (primary N) is 1. The van der Waals surface area contributed by atoms with Crippen molar-refractivity contribution in [2.45, 2.75) is 70.0 Å². The molecule has 2 aromatic rings. The Kier molecular flexibility index (Phi) is 4.64. The van der Waals surface area contributed by atoms with Crippen molar-refractivity contribution in [2.75, 3.05) is 0 Å². The molecule has 2 aliphatic heterocycles. The van der Waals surface area contributed by atoms with Crippen LogP contribution < -0.4 is 5.73 Å². The molecule has 29 heavy (non-hydrogen) atoms. The predicted molar refractivity (Wildman–Crippen MR) is 110 cm³/mol. The number of nitrogens with zero attached hydrogens (tertiary/aromatic N) is 3. The molecule has 0 radical (unpaired) electrons. The van der Waals surface area contributed by atoms with Gasteiger partial charge in [-0.2, -0.15) is 0 Å². The van der Waals surface area contributed by atoms with Crippen LogP contribution in [0.15, 0.2) is 30.3 Å². The van der Waals surface area contributed by atoms with Gasteiger partial charge in [-0.05, 0) is 25.7 Å². The number of amides is 2. The molecular weight excluding hydrogens is 364 g/mol. The third-order valence-corrected chi connectivity index (χ3v) is 6.99. The molecule has 1 saturated carbocycles. The fourth-order valence-corrected chi connectivity index (χ4v) is 5.59. The number of imidazole rings is 1. The van der Waals surface area contributed by atoms with Crippen molar-refractivity contribution in [3.8, 4) is 11.4 Å². The van der Waals surface area contributed by atoms with Crippen LogP contribution in [-0.2, 0) is 17.8 Å². The van der Waals surface area contributed by atoms with Gasteiger partial charge >= 0.3 is 0 Å². The van der Waals surface area contributed by atoms with Gasteiger partial charge in [-0.25, -0.2) is 4.98 Å².